The average molecular weight is 364 g/mol. The van der Waals surface area contributed by atoms with Crippen LogP contribution >= 0.6 is 0 Å². The Labute approximate surface area is 158 Å². The third kappa shape index (κ3) is 3.94. The fourth-order valence-electron chi connectivity index (χ4n) is 3.89. The molecular weight excluding hydrogens is 340 g/mol. The van der Waals surface area contributed by atoms with Crippen LogP contribution < -0.4 is 10.1 Å². The van der Waals surface area contributed by atoms with Gasteiger partial charge in [0.1, 0.15) is 5.75 Å². The highest BCUT2D eigenvalue weighted by molar-refractivity contribution is 5.81. The van der Waals surface area contributed by atoms with E-state index < -0.39 is 0 Å². The number of anilines is 1. The van der Waals surface area contributed by atoms with Crippen LogP contribution in [0.3, 0.4) is 0 Å². The maximum absolute atomic E-state index is 10.7. The molecule has 0 saturated heterocycles. The Kier molecular flexibility index (Phi) is 5.32. The first kappa shape index (κ1) is 17.5. The number of benzene rings is 1. The van der Waals surface area contributed by atoms with Crippen LogP contribution in [0, 0.1) is 0 Å². The third-order valence-electron chi connectivity index (χ3n) is 5.19. The molecule has 1 aliphatic rings. The first-order valence-corrected chi connectivity index (χ1v) is 9.61. The van der Waals surface area contributed by atoms with Gasteiger partial charge in [-0.1, -0.05) is 31.7 Å². The lowest BCUT2D eigenvalue weighted by Crippen LogP contribution is -2.13. The van der Waals surface area contributed by atoms with Gasteiger partial charge < -0.3 is 14.6 Å². The minimum Gasteiger partial charge on any atom is -0.429 e. The van der Waals surface area contributed by atoms with Crippen molar-refractivity contribution in [1.29, 1.82) is 0 Å². The van der Waals surface area contributed by atoms with Crippen molar-refractivity contribution < 1.29 is 9.53 Å². The number of hydrogen-bond donors (Lipinski definition) is 1. The molecule has 0 radical (unpaired) electrons. The molecule has 0 bridgehead atoms. The van der Waals surface area contributed by atoms with E-state index in [0.717, 1.165) is 35.5 Å². The highest BCUT2D eigenvalue weighted by Gasteiger charge is 2.21. The van der Waals surface area contributed by atoms with E-state index >= 15 is 0 Å². The number of ether oxygens (including phenoxy) is 1. The summed E-state index contributed by atoms with van der Waals surface area (Å²) < 4.78 is 7.33. The molecule has 6 nitrogen and oxygen atoms in total. The average Bonchev–Trinajstić information content (AvgIpc) is 2.86. The normalized spacial score (nSPS) is 15.4. The summed E-state index contributed by atoms with van der Waals surface area (Å²) in [6.45, 7) is 1.07. The monoisotopic (exact) mass is 364 g/mol. The molecule has 2 heterocycles. The lowest BCUT2D eigenvalue weighted by Gasteiger charge is -2.20. The van der Waals surface area contributed by atoms with Gasteiger partial charge in [0.25, 0.3) is 6.47 Å². The summed E-state index contributed by atoms with van der Waals surface area (Å²) in [6.07, 6.45) is 9.22. The fourth-order valence-corrected chi connectivity index (χ4v) is 3.89. The predicted octanol–water partition coefficient (Wildman–Crippen LogP) is 4.47. The highest BCUT2D eigenvalue weighted by atomic mass is 16.5. The first-order chi connectivity index (χ1) is 13.3. The molecular formula is C21H24N4O2. The van der Waals surface area contributed by atoms with Gasteiger partial charge in [-0.15, -0.1) is 0 Å². The molecule has 2 aromatic heterocycles. The van der Waals surface area contributed by atoms with Gasteiger partial charge >= 0.3 is 0 Å². The van der Waals surface area contributed by atoms with E-state index in [4.69, 9.17) is 9.72 Å². The van der Waals surface area contributed by atoms with Crippen LogP contribution in [-0.2, 0) is 11.3 Å². The molecule has 1 aliphatic carbocycles. The molecule has 1 aromatic carbocycles. The quantitative estimate of drug-likeness (QED) is 0.516. The second kappa shape index (κ2) is 8.20. The number of carbonyl (C=O) groups excluding carboxylic acids is 1. The van der Waals surface area contributed by atoms with Crippen molar-refractivity contribution in [2.24, 2.45) is 0 Å². The van der Waals surface area contributed by atoms with Crippen molar-refractivity contribution in [3.63, 3.8) is 0 Å². The Morgan fingerprint density at radius 1 is 1.15 bits per heavy atom. The Morgan fingerprint density at radius 2 is 2.00 bits per heavy atom. The van der Waals surface area contributed by atoms with Crippen molar-refractivity contribution in [2.75, 3.05) is 5.32 Å². The zero-order valence-electron chi connectivity index (χ0n) is 15.3. The summed E-state index contributed by atoms with van der Waals surface area (Å²) in [7, 11) is 0. The maximum atomic E-state index is 10.7. The van der Waals surface area contributed by atoms with E-state index in [-0.39, 0.29) is 0 Å². The van der Waals surface area contributed by atoms with Gasteiger partial charge in [0.05, 0.1) is 23.3 Å². The fraction of sp³-hybridized carbons (Fsp3) is 0.381. The Hall–Kier alpha value is -2.89. The summed E-state index contributed by atoms with van der Waals surface area (Å²) in [5.41, 5.74) is 2.88. The van der Waals surface area contributed by atoms with E-state index in [1.54, 1.807) is 6.20 Å². The van der Waals surface area contributed by atoms with Crippen LogP contribution in [0.4, 0.5) is 5.95 Å². The topological polar surface area (TPSA) is 69.0 Å². The number of nitrogens with zero attached hydrogens (tertiary/aromatic N) is 3. The number of carbonyl (C=O) groups is 1. The summed E-state index contributed by atoms with van der Waals surface area (Å²) in [4.78, 5) is 19.8. The van der Waals surface area contributed by atoms with Gasteiger partial charge in [0.15, 0.2) is 0 Å². The minimum atomic E-state index is 0.432. The van der Waals surface area contributed by atoms with E-state index in [1.807, 2.05) is 36.4 Å². The van der Waals surface area contributed by atoms with Crippen molar-refractivity contribution in [1.82, 2.24) is 14.5 Å². The molecule has 140 valence electrons. The Balaban J connectivity index is 1.70. The number of pyridine rings is 1. The molecule has 1 saturated carbocycles. The molecule has 1 N–H and O–H groups in total. The zero-order valence-corrected chi connectivity index (χ0v) is 15.3. The molecule has 6 heteroatoms. The third-order valence-corrected chi connectivity index (χ3v) is 5.19. The van der Waals surface area contributed by atoms with Gasteiger partial charge in [0.2, 0.25) is 5.95 Å². The lowest BCUT2D eigenvalue weighted by atomic mass is 10.1. The summed E-state index contributed by atoms with van der Waals surface area (Å²) in [5.74, 6) is 1.37. The van der Waals surface area contributed by atoms with E-state index in [9.17, 15) is 4.79 Å². The van der Waals surface area contributed by atoms with Gasteiger partial charge in [-0.3, -0.25) is 9.78 Å². The number of aromatic nitrogens is 3. The van der Waals surface area contributed by atoms with Gasteiger partial charge in [-0.05, 0) is 37.1 Å². The number of hydrogen-bond acceptors (Lipinski definition) is 5. The molecule has 4 rings (SSSR count). The van der Waals surface area contributed by atoms with Crippen LogP contribution in [0.5, 0.6) is 5.75 Å². The van der Waals surface area contributed by atoms with E-state index in [2.05, 4.69) is 14.9 Å². The van der Waals surface area contributed by atoms with Crippen molar-refractivity contribution >= 4 is 23.5 Å². The van der Waals surface area contributed by atoms with Gasteiger partial charge in [0, 0.05) is 18.3 Å². The van der Waals surface area contributed by atoms with Crippen LogP contribution in [0.1, 0.15) is 50.3 Å². The van der Waals surface area contributed by atoms with Gasteiger partial charge in [-0.2, -0.15) is 0 Å². The molecule has 0 spiro atoms. The lowest BCUT2D eigenvalue weighted by molar-refractivity contribution is -0.120. The summed E-state index contributed by atoms with van der Waals surface area (Å²) >= 11 is 0. The van der Waals surface area contributed by atoms with Crippen LogP contribution in [0.25, 0.3) is 11.0 Å². The maximum Gasteiger partial charge on any atom is 0.298 e. The minimum absolute atomic E-state index is 0.432. The molecule has 0 atom stereocenters. The molecule has 1 fully saturated rings. The van der Waals surface area contributed by atoms with Crippen LogP contribution in [-0.4, -0.2) is 21.0 Å². The Bertz CT molecular complexity index is 899. The SMILES string of the molecule is O=COc1ccc2c(c1)nc(NCc1ccccn1)n2C1CCCCCC1. The zero-order chi connectivity index (χ0) is 18.5. The van der Waals surface area contributed by atoms with Gasteiger partial charge in [-0.25, -0.2) is 4.98 Å². The second-order valence-electron chi connectivity index (χ2n) is 6.99. The first-order valence-electron chi connectivity index (χ1n) is 9.61. The van der Waals surface area contributed by atoms with Crippen molar-refractivity contribution in [2.45, 2.75) is 51.1 Å². The smallest absolute Gasteiger partial charge is 0.298 e. The summed E-state index contributed by atoms with van der Waals surface area (Å²) in [6, 6.07) is 12.0. The van der Waals surface area contributed by atoms with E-state index in [1.165, 1.54) is 25.7 Å². The molecule has 27 heavy (non-hydrogen) atoms. The number of imidazole rings is 1. The van der Waals surface area contributed by atoms with Crippen molar-refractivity contribution in [3.8, 4) is 5.75 Å². The predicted molar refractivity (Wildman–Crippen MR) is 105 cm³/mol. The number of fused-ring (bicyclic) bond motifs is 1. The number of nitrogens with one attached hydrogen (secondary N) is 1. The largest absolute Gasteiger partial charge is 0.429 e. The highest BCUT2D eigenvalue weighted by Crippen LogP contribution is 2.34. The molecule has 0 unspecified atom stereocenters. The summed E-state index contributed by atoms with van der Waals surface area (Å²) in [5, 5.41) is 3.47. The Morgan fingerprint density at radius 3 is 2.74 bits per heavy atom. The van der Waals surface area contributed by atoms with Crippen molar-refractivity contribution in [3.05, 3.63) is 48.3 Å². The van der Waals surface area contributed by atoms with E-state index in [0.29, 0.717) is 24.8 Å². The second-order valence-corrected chi connectivity index (χ2v) is 6.99. The molecule has 0 amide bonds. The standard InChI is InChI=1S/C21H24N4O2/c26-15-27-18-10-11-20-19(13-18)24-21(23-14-16-7-5-6-12-22-16)25(20)17-8-3-1-2-4-9-17/h5-7,10-13,15,17H,1-4,8-9,14H2,(H,23,24). The molecule has 3 aromatic rings. The number of rotatable bonds is 6. The van der Waals surface area contributed by atoms with Crippen LogP contribution in [0.15, 0.2) is 42.6 Å². The van der Waals surface area contributed by atoms with Crippen LogP contribution in [0.2, 0.25) is 0 Å². The molecule has 0 aliphatic heterocycles.